The first-order valence-electron chi connectivity index (χ1n) is 40.1. The van der Waals surface area contributed by atoms with E-state index in [9.17, 15) is 36.5 Å². The predicted molar refractivity (Wildman–Crippen MR) is 453 cm³/mol. The van der Waals surface area contributed by atoms with Gasteiger partial charge in [-0.3, -0.25) is 29.5 Å². The van der Waals surface area contributed by atoms with Crippen LogP contribution >= 0.6 is 23.2 Å². The summed E-state index contributed by atoms with van der Waals surface area (Å²) in [5.41, 5.74) is 12.2. The number of fused-ring (bicyclic) bond motifs is 3. The number of H-pyrrole nitrogens is 2. The topological polar surface area (TPSA) is 290 Å². The van der Waals surface area contributed by atoms with Crippen molar-refractivity contribution in [1.29, 1.82) is 0 Å². The van der Waals surface area contributed by atoms with Crippen LogP contribution in [-0.4, -0.2) is 160 Å². The van der Waals surface area contributed by atoms with Crippen LogP contribution < -0.4 is 28.7 Å². The van der Waals surface area contributed by atoms with Crippen molar-refractivity contribution in [3.8, 4) is 23.0 Å². The molecule has 3 aliphatic heterocycles. The molecule has 2 spiro atoms. The van der Waals surface area contributed by atoms with Gasteiger partial charge in [-0.2, -0.15) is 0 Å². The third kappa shape index (κ3) is 17.8. The number of aromatic nitrogens is 5. The van der Waals surface area contributed by atoms with Crippen molar-refractivity contribution < 1.29 is 50.3 Å². The fourth-order valence-electron chi connectivity index (χ4n) is 17.6. The number of benzene rings is 6. The third-order valence-corrected chi connectivity index (χ3v) is 27.7. The van der Waals surface area contributed by atoms with E-state index in [1.807, 2.05) is 84.9 Å². The number of pyridine rings is 3. The lowest BCUT2D eigenvalue weighted by Gasteiger charge is -2.47. The quantitative estimate of drug-likeness (QED) is 0.0362. The van der Waals surface area contributed by atoms with E-state index in [1.165, 1.54) is 110 Å². The SMILES string of the molecule is O=C(NS(=O)(=O)c1ccc(CC[C@H]2COCCO2)c([N+](=O)[O-])c1)c1cc(N2CCN(CC3=C(c4ccc(Cl)cc4)CC4(CCC4)CC3)CC2)c(Oc2cnc3[nH]ccc3c2)cn1.O=C(NS(=O)(=O)c1ccc2ccccc2c1)c1ccc(N2CCN(CC3=C(c4ccc(Cl)cc4)CC4(CCC4)CC3)CC2)cc1Oc1cnc2[nH]ccc2c1. The zero-order chi connectivity index (χ0) is 80.4. The second kappa shape index (κ2) is 33.8. The highest BCUT2D eigenvalue weighted by Gasteiger charge is 2.43. The summed E-state index contributed by atoms with van der Waals surface area (Å²) in [6.07, 6.45) is 23.6. The van der Waals surface area contributed by atoms with E-state index in [2.05, 4.69) is 78.2 Å². The van der Waals surface area contributed by atoms with Gasteiger partial charge in [-0.1, -0.05) is 108 Å². The summed E-state index contributed by atoms with van der Waals surface area (Å²) >= 11 is 12.6. The Morgan fingerprint density at radius 2 is 1.12 bits per heavy atom. The molecule has 604 valence electrons. The molecule has 4 N–H and O–H groups in total. The van der Waals surface area contributed by atoms with Crippen molar-refractivity contribution in [2.24, 2.45) is 10.8 Å². The number of piperazine rings is 2. The lowest BCUT2D eigenvalue weighted by Crippen LogP contribution is -2.47. The molecule has 3 saturated heterocycles. The number of halogens is 2. The summed E-state index contributed by atoms with van der Waals surface area (Å²) in [5, 5.41) is 16.9. The highest BCUT2D eigenvalue weighted by atomic mass is 35.5. The number of amides is 2. The highest BCUT2D eigenvalue weighted by Crippen LogP contribution is 2.57. The molecule has 1 atom stereocenters. The van der Waals surface area contributed by atoms with Crippen LogP contribution in [0.2, 0.25) is 10.0 Å². The number of allylic oxidation sites excluding steroid dienone is 2. The molecule has 8 heterocycles. The van der Waals surface area contributed by atoms with E-state index < -0.39 is 41.7 Å². The number of sulfonamides is 2. The van der Waals surface area contributed by atoms with Crippen LogP contribution in [0.1, 0.15) is 121 Å². The molecule has 117 heavy (non-hydrogen) atoms. The molecular formula is C89H90Cl2N12O12S2. The van der Waals surface area contributed by atoms with Crippen molar-refractivity contribution in [2.75, 3.05) is 95.1 Å². The first-order valence-corrected chi connectivity index (χ1v) is 43.8. The maximum absolute atomic E-state index is 13.8. The van der Waals surface area contributed by atoms with Gasteiger partial charge in [0.25, 0.3) is 37.5 Å². The molecule has 6 aromatic carbocycles. The second-order valence-corrected chi connectivity index (χ2v) is 36.1. The monoisotopic (exact) mass is 1650 g/mol. The number of hydrogen-bond donors (Lipinski definition) is 4. The Morgan fingerprint density at radius 1 is 0.564 bits per heavy atom. The number of aryl methyl sites for hydroxylation is 1. The third-order valence-electron chi connectivity index (χ3n) is 24.5. The van der Waals surface area contributed by atoms with E-state index in [4.69, 9.17) is 42.1 Å². The zero-order valence-electron chi connectivity index (χ0n) is 64.6. The normalized spacial score (nSPS) is 18.5. The van der Waals surface area contributed by atoms with Crippen LogP contribution in [-0.2, 0) is 35.9 Å². The number of nitrogens with one attached hydrogen (secondary N) is 4. The van der Waals surface area contributed by atoms with Crippen LogP contribution in [0.3, 0.4) is 0 Å². The molecule has 0 bridgehead atoms. The van der Waals surface area contributed by atoms with E-state index in [0.717, 1.165) is 121 Å². The first kappa shape index (κ1) is 78.9. The minimum atomic E-state index is -4.54. The number of rotatable bonds is 22. The van der Waals surface area contributed by atoms with Crippen LogP contribution in [0, 0.1) is 20.9 Å². The smallest absolute Gasteiger partial charge is 0.283 e. The number of anilines is 2. The molecule has 5 aromatic heterocycles. The molecule has 0 unspecified atom stereocenters. The minimum Gasteiger partial charge on any atom is -0.455 e. The van der Waals surface area contributed by atoms with Gasteiger partial charge in [-0.15, -0.1) is 0 Å². The van der Waals surface area contributed by atoms with Gasteiger partial charge in [0.2, 0.25) is 0 Å². The van der Waals surface area contributed by atoms with Crippen LogP contribution in [0.5, 0.6) is 23.0 Å². The molecule has 7 aliphatic rings. The number of nitrogens with zero attached hydrogens (tertiary/aromatic N) is 8. The summed E-state index contributed by atoms with van der Waals surface area (Å²) in [6.45, 7) is 9.22. The average molecular weight is 1650 g/mol. The molecule has 2 saturated carbocycles. The summed E-state index contributed by atoms with van der Waals surface area (Å²) < 4.78 is 82.3. The summed E-state index contributed by atoms with van der Waals surface area (Å²) in [7, 11) is -8.73. The molecule has 24 nitrogen and oxygen atoms in total. The maximum atomic E-state index is 13.8. The van der Waals surface area contributed by atoms with Gasteiger partial charge in [0.15, 0.2) is 5.75 Å². The molecule has 18 rings (SSSR count). The van der Waals surface area contributed by atoms with Gasteiger partial charge in [0, 0.05) is 122 Å². The number of nitro groups is 1. The van der Waals surface area contributed by atoms with E-state index in [0.29, 0.717) is 90.0 Å². The Hall–Kier alpha value is -10.6. The van der Waals surface area contributed by atoms with Gasteiger partial charge < -0.3 is 38.7 Å². The first-order chi connectivity index (χ1) is 56.7. The molecule has 2 amide bonds. The second-order valence-electron chi connectivity index (χ2n) is 31.9. The zero-order valence-corrected chi connectivity index (χ0v) is 67.8. The van der Waals surface area contributed by atoms with E-state index in [1.54, 1.807) is 48.6 Å². The molecule has 5 fully saturated rings. The summed E-state index contributed by atoms with van der Waals surface area (Å²) in [5.74, 6) is -0.260. The van der Waals surface area contributed by atoms with Crippen LogP contribution in [0.4, 0.5) is 17.1 Å². The van der Waals surface area contributed by atoms with Crippen LogP contribution in [0.15, 0.2) is 210 Å². The largest absolute Gasteiger partial charge is 0.455 e. The maximum Gasteiger partial charge on any atom is 0.283 e. The standard InChI is InChI=1S/C45H48ClN7O8S.C44H42ClN5O4S/c46-34-6-2-30(3-7-34)38-25-45(12-1-13-45)14-10-33(38)28-51-16-18-52(19-17-51)41-24-39(48-27-42(41)61-36-22-32-11-15-47-43(32)49-26-36)44(54)50-62(57,58)37-9-5-31(40(23-37)53(55)56)4-8-35-29-59-20-21-60-35;45-35-9-6-31(7-10-35)40-27-44(16-3-17-44)18-14-34(40)29-49-20-22-50(23-21-49)36-11-13-39(41(26-36)54-37-24-33-15-19-46-42(33)47-28-37)43(51)48-55(52,53)38-12-8-30-4-1-2-5-32(30)25-38/h2-3,5-7,9,11,15,22-24,26-27,35H,1,4,8,10,12-14,16-21,25,28-29H2,(H,47,49)(H,50,54);1-2,4-13,15,19,24-26,28H,3,14,16-18,20-23,27,29H2,(H,46,47)(H,48,51)/t35-;/m0./s1. The van der Waals surface area contributed by atoms with Gasteiger partial charge in [0.1, 0.15) is 34.2 Å². The van der Waals surface area contributed by atoms with Gasteiger partial charge in [-0.05, 0) is 206 Å². The Balaban J connectivity index is 0.000000169. The van der Waals surface area contributed by atoms with Crippen molar-refractivity contribution >= 4 is 116 Å². The number of hydrogen-bond acceptors (Lipinski definition) is 19. The fourth-order valence-corrected chi connectivity index (χ4v) is 19.8. The summed E-state index contributed by atoms with van der Waals surface area (Å²) in [4.78, 5) is 67.3. The number of nitro benzene ring substituents is 1. The Labute approximate surface area is 688 Å². The lowest BCUT2D eigenvalue weighted by molar-refractivity contribution is -0.385. The fraction of sp³-hybridized carbons (Fsp3) is 0.337. The highest BCUT2D eigenvalue weighted by molar-refractivity contribution is 7.90. The predicted octanol–water partition coefficient (Wildman–Crippen LogP) is 16.9. The Morgan fingerprint density at radius 3 is 1.68 bits per heavy atom. The van der Waals surface area contributed by atoms with Crippen molar-refractivity contribution in [1.82, 2.24) is 44.2 Å². The minimum absolute atomic E-state index is 0.00504. The van der Waals surface area contributed by atoms with E-state index >= 15 is 0 Å². The molecular weight excluding hydrogens is 1560 g/mol. The summed E-state index contributed by atoms with van der Waals surface area (Å²) in [6, 6.07) is 46.9. The van der Waals surface area contributed by atoms with Gasteiger partial charge in [-0.25, -0.2) is 41.2 Å². The number of carbonyl (C=O) groups is 2. The number of carbonyl (C=O) groups excluding carboxylic acids is 2. The number of aromatic amines is 2. The average Bonchev–Trinajstić information content (AvgIpc) is 1.10. The van der Waals surface area contributed by atoms with Gasteiger partial charge >= 0.3 is 0 Å². The Kier molecular flexibility index (Phi) is 22.8. The van der Waals surface area contributed by atoms with Crippen LogP contribution in [0.25, 0.3) is 44.0 Å². The number of ether oxygens (including phenoxy) is 4. The molecule has 4 aliphatic carbocycles. The molecule has 11 aromatic rings. The van der Waals surface area contributed by atoms with Crippen molar-refractivity contribution in [2.45, 2.75) is 106 Å². The Bertz CT molecular complexity index is 5890. The lowest BCUT2D eigenvalue weighted by atomic mass is 9.59. The molecule has 0 radical (unpaired) electrons. The van der Waals surface area contributed by atoms with Crippen molar-refractivity contribution in [3.63, 3.8) is 0 Å². The van der Waals surface area contributed by atoms with Crippen molar-refractivity contribution in [3.05, 3.63) is 248 Å². The van der Waals surface area contributed by atoms with Gasteiger partial charge in [0.05, 0.1) is 70.5 Å². The molecule has 28 heteroatoms. The van der Waals surface area contributed by atoms with E-state index in [-0.39, 0.29) is 40.1 Å².